The third kappa shape index (κ3) is 5.34. The smallest absolute Gasteiger partial charge is 0.323 e. The van der Waals surface area contributed by atoms with Gasteiger partial charge < -0.3 is 15.1 Å². The number of aryl methyl sites for hydroxylation is 1. The molecule has 0 aromatic heterocycles. The van der Waals surface area contributed by atoms with E-state index in [1.165, 1.54) is 6.08 Å². The highest BCUT2D eigenvalue weighted by molar-refractivity contribution is 5.95. The van der Waals surface area contributed by atoms with Crippen molar-refractivity contribution in [2.24, 2.45) is 0 Å². The predicted molar refractivity (Wildman–Crippen MR) is 72.1 cm³/mol. The third-order valence-electron chi connectivity index (χ3n) is 2.46. The number of benzene rings is 1. The van der Waals surface area contributed by atoms with E-state index in [0.29, 0.717) is 0 Å². The molecule has 0 heterocycles. The molecule has 106 valence electrons. The number of aliphatic carboxylic acids is 2. The Balaban J connectivity index is 2.76. The van der Waals surface area contributed by atoms with Crippen LogP contribution >= 0.6 is 0 Å². The van der Waals surface area contributed by atoms with Crippen LogP contribution in [0.4, 0.5) is 0 Å². The minimum atomic E-state index is -1.26. The summed E-state index contributed by atoms with van der Waals surface area (Å²) in [6.07, 6.45) is 2.68. The predicted octanol–water partition coefficient (Wildman–Crippen LogP) is 1.01. The van der Waals surface area contributed by atoms with Crippen LogP contribution in [0.3, 0.4) is 0 Å². The Morgan fingerprint density at radius 3 is 2.00 bits per heavy atom. The molecule has 6 nitrogen and oxygen atoms in total. The van der Waals surface area contributed by atoms with Gasteiger partial charge >= 0.3 is 11.9 Å². The van der Waals surface area contributed by atoms with Crippen LogP contribution in [0, 0.1) is 6.92 Å². The van der Waals surface area contributed by atoms with E-state index in [0.717, 1.165) is 22.1 Å². The van der Waals surface area contributed by atoms with Crippen LogP contribution < -0.4 is 0 Å². The van der Waals surface area contributed by atoms with Crippen molar-refractivity contribution in [3.8, 4) is 0 Å². The molecule has 1 amide bonds. The Kier molecular flexibility index (Phi) is 5.46. The fraction of sp³-hybridized carbons (Fsp3) is 0.214. The molecule has 0 atom stereocenters. The largest absolute Gasteiger partial charge is 0.480 e. The summed E-state index contributed by atoms with van der Waals surface area (Å²) >= 11 is 0. The van der Waals surface area contributed by atoms with Gasteiger partial charge in [-0.3, -0.25) is 14.4 Å². The van der Waals surface area contributed by atoms with Crippen molar-refractivity contribution in [3.63, 3.8) is 0 Å². The minimum Gasteiger partial charge on any atom is -0.480 e. The maximum absolute atomic E-state index is 11.8. The van der Waals surface area contributed by atoms with E-state index in [-0.39, 0.29) is 0 Å². The summed E-state index contributed by atoms with van der Waals surface area (Å²) in [7, 11) is 0. The number of hydrogen-bond donors (Lipinski definition) is 2. The van der Waals surface area contributed by atoms with E-state index >= 15 is 0 Å². The lowest BCUT2D eigenvalue weighted by Crippen LogP contribution is -2.38. The molecule has 1 rings (SSSR count). The van der Waals surface area contributed by atoms with Gasteiger partial charge in [0.2, 0.25) is 5.91 Å². The van der Waals surface area contributed by atoms with E-state index in [4.69, 9.17) is 10.2 Å². The molecule has 0 aliphatic carbocycles. The summed E-state index contributed by atoms with van der Waals surface area (Å²) < 4.78 is 0. The Hall–Kier alpha value is -2.63. The van der Waals surface area contributed by atoms with Gasteiger partial charge in [0, 0.05) is 6.08 Å². The lowest BCUT2D eigenvalue weighted by Gasteiger charge is -2.16. The number of carbonyl (C=O) groups excluding carboxylic acids is 1. The summed E-state index contributed by atoms with van der Waals surface area (Å²) in [5, 5.41) is 17.3. The first-order chi connectivity index (χ1) is 9.38. The maximum Gasteiger partial charge on any atom is 0.323 e. The number of carboxylic acids is 2. The number of amides is 1. The second kappa shape index (κ2) is 7.08. The highest BCUT2D eigenvalue weighted by Gasteiger charge is 2.17. The number of nitrogens with zero attached hydrogens (tertiary/aromatic N) is 1. The van der Waals surface area contributed by atoms with Crippen molar-refractivity contribution in [1.82, 2.24) is 4.90 Å². The summed E-state index contributed by atoms with van der Waals surface area (Å²) in [6.45, 7) is 0.632. The van der Waals surface area contributed by atoms with E-state index in [1.807, 2.05) is 19.1 Å². The standard InChI is InChI=1S/C14H15NO5/c1-10-2-4-11(5-3-10)6-7-12(16)15(8-13(17)18)9-14(19)20/h2-7H,8-9H2,1H3,(H,17,18)(H,19,20). The van der Waals surface area contributed by atoms with Gasteiger partial charge in [-0.15, -0.1) is 0 Å². The SMILES string of the molecule is Cc1ccc(C=CC(=O)N(CC(=O)O)CC(=O)O)cc1. The van der Waals surface area contributed by atoms with Gasteiger partial charge in [0.05, 0.1) is 0 Å². The molecule has 20 heavy (non-hydrogen) atoms. The van der Waals surface area contributed by atoms with Crippen LogP contribution in [0.1, 0.15) is 11.1 Å². The van der Waals surface area contributed by atoms with Gasteiger partial charge in [0.1, 0.15) is 13.1 Å². The zero-order valence-electron chi connectivity index (χ0n) is 10.9. The normalized spacial score (nSPS) is 10.4. The highest BCUT2D eigenvalue weighted by Crippen LogP contribution is 2.05. The Morgan fingerprint density at radius 1 is 1.05 bits per heavy atom. The van der Waals surface area contributed by atoms with Gasteiger partial charge in [-0.1, -0.05) is 29.8 Å². The second-order valence-corrected chi connectivity index (χ2v) is 4.23. The first-order valence-electron chi connectivity index (χ1n) is 5.85. The molecular formula is C14H15NO5. The van der Waals surface area contributed by atoms with Crippen LogP contribution in [-0.4, -0.2) is 46.0 Å². The van der Waals surface area contributed by atoms with E-state index in [1.54, 1.807) is 12.1 Å². The molecule has 0 bridgehead atoms. The van der Waals surface area contributed by atoms with Gasteiger partial charge in [0.15, 0.2) is 0 Å². The lowest BCUT2D eigenvalue weighted by molar-refractivity contribution is -0.147. The van der Waals surface area contributed by atoms with Crippen LogP contribution in [0.2, 0.25) is 0 Å². The Bertz CT molecular complexity index is 517. The van der Waals surface area contributed by atoms with Crippen LogP contribution in [-0.2, 0) is 14.4 Å². The van der Waals surface area contributed by atoms with Crippen molar-refractivity contribution in [2.75, 3.05) is 13.1 Å². The fourth-order valence-corrected chi connectivity index (χ4v) is 1.49. The molecule has 0 spiro atoms. The lowest BCUT2D eigenvalue weighted by atomic mass is 10.1. The molecule has 0 radical (unpaired) electrons. The first kappa shape index (κ1) is 15.4. The van der Waals surface area contributed by atoms with Crippen LogP contribution in [0.5, 0.6) is 0 Å². The van der Waals surface area contributed by atoms with Crippen molar-refractivity contribution in [1.29, 1.82) is 0 Å². The van der Waals surface area contributed by atoms with Gasteiger partial charge in [-0.05, 0) is 18.6 Å². The van der Waals surface area contributed by atoms with Crippen molar-refractivity contribution < 1.29 is 24.6 Å². The zero-order chi connectivity index (χ0) is 15.1. The quantitative estimate of drug-likeness (QED) is 0.756. The molecule has 0 saturated carbocycles. The highest BCUT2D eigenvalue weighted by atomic mass is 16.4. The van der Waals surface area contributed by atoms with Crippen molar-refractivity contribution in [3.05, 3.63) is 41.5 Å². The third-order valence-corrected chi connectivity index (χ3v) is 2.46. The van der Waals surface area contributed by atoms with E-state index in [2.05, 4.69) is 0 Å². The number of rotatable bonds is 6. The molecule has 0 saturated heterocycles. The van der Waals surface area contributed by atoms with Gasteiger partial charge in [-0.25, -0.2) is 0 Å². The van der Waals surface area contributed by atoms with Gasteiger partial charge in [-0.2, -0.15) is 0 Å². The second-order valence-electron chi connectivity index (χ2n) is 4.23. The molecule has 0 fully saturated rings. The number of carboxylic acid groups (broad SMARTS) is 2. The average molecular weight is 277 g/mol. The molecule has 6 heteroatoms. The Morgan fingerprint density at radius 2 is 1.55 bits per heavy atom. The van der Waals surface area contributed by atoms with Crippen molar-refractivity contribution in [2.45, 2.75) is 6.92 Å². The first-order valence-corrected chi connectivity index (χ1v) is 5.85. The van der Waals surface area contributed by atoms with Crippen molar-refractivity contribution >= 4 is 23.9 Å². The molecular weight excluding hydrogens is 262 g/mol. The monoisotopic (exact) mass is 277 g/mol. The fourth-order valence-electron chi connectivity index (χ4n) is 1.49. The minimum absolute atomic E-state index is 0.649. The Labute approximate surface area is 115 Å². The molecule has 1 aromatic rings. The maximum atomic E-state index is 11.8. The van der Waals surface area contributed by atoms with Gasteiger partial charge in [0.25, 0.3) is 0 Å². The molecule has 2 N–H and O–H groups in total. The summed E-state index contributed by atoms with van der Waals surface area (Å²) in [5.41, 5.74) is 1.85. The molecule has 1 aromatic carbocycles. The topological polar surface area (TPSA) is 94.9 Å². The summed E-state index contributed by atoms with van der Waals surface area (Å²) in [5.74, 6) is -3.18. The zero-order valence-corrected chi connectivity index (χ0v) is 10.9. The van der Waals surface area contributed by atoms with Crippen LogP contribution in [0.25, 0.3) is 6.08 Å². The molecule has 0 unspecified atom stereocenters. The number of hydrogen-bond acceptors (Lipinski definition) is 3. The van der Waals surface area contributed by atoms with E-state index in [9.17, 15) is 14.4 Å². The molecule has 0 aliphatic rings. The summed E-state index contributed by atoms with van der Waals surface area (Å²) in [6, 6.07) is 7.35. The van der Waals surface area contributed by atoms with Crippen LogP contribution in [0.15, 0.2) is 30.3 Å². The summed E-state index contributed by atoms with van der Waals surface area (Å²) in [4.78, 5) is 33.7. The average Bonchev–Trinajstić information content (AvgIpc) is 2.36. The molecule has 0 aliphatic heterocycles. The number of carbonyl (C=O) groups is 3. The van der Waals surface area contributed by atoms with E-state index < -0.39 is 30.9 Å².